The highest BCUT2D eigenvalue weighted by Crippen LogP contribution is 2.31. The molecule has 0 saturated heterocycles. The molecule has 0 aromatic heterocycles. The van der Waals surface area contributed by atoms with E-state index in [1.165, 1.54) is 6.42 Å². The smallest absolute Gasteiger partial charge is 0.260 e. The Kier molecular flexibility index (Phi) is 6.44. The molecule has 0 spiro atoms. The molecule has 2 aromatic rings. The molecule has 5 nitrogen and oxygen atoms in total. The van der Waals surface area contributed by atoms with Crippen molar-refractivity contribution in [3.63, 3.8) is 0 Å². The van der Waals surface area contributed by atoms with Crippen LogP contribution in [0.3, 0.4) is 0 Å². The average Bonchev–Trinajstić information content (AvgIpc) is 2.80. The van der Waals surface area contributed by atoms with Gasteiger partial charge in [-0.05, 0) is 42.2 Å². The lowest BCUT2D eigenvalue weighted by atomic mass is 9.84. The number of fused-ring (bicyclic) bond motifs is 1. The third-order valence-electron chi connectivity index (χ3n) is 6.39. The molecule has 1 saturated carbocycles. The minimum absolute atomic E-state index is 0.0710. The molecule has 0 radical (unpaired) electrons. The molecule has 2 N–H and O–H groups in total. The lowest BCUT2D eigenvalue weighted by molar-refractivity contribution is 0.0340. The molecule has 1 fully saturated rings. The van der Waals surface area contributed by atoms with Crippen molar-refractivity contribution in [3.05, 3.63) is 71.3 Å². The maximum absolute atomic E-state index is 12.8. The number of benzene rings is 2. The highest BCUT2D eigenvalue weighted by molar-refractivity contribution is 5.97. The lowest BCUT2D eigenvalue weighted by Crippen LogP contribution is -2.42. The second kappa shape index (κ2) is 9.25. The van der Waals surface area contributed by atoms with E-state index < -0.39 is 11.7 Å². The van der Waals surface area contributed by atoms with Gasteiger partial charge in [0.2, 0.25) is 0 Å². The number of carbonyl (C=O) groups is 1. The summed E-state index contributed by atoms with van der Waals surface area (Å²) in [5, 5.41) is 21.6. The molecule has 5 heteroatoms. The van der Waals surface area contributed by atoms with Crippen molar-refractivity contribution >= 4 is 12.0 Å². The minimum Gasteiger partial charge on any atom is -0.472 e. The minimum atomic E-state index is -0.717. The van der Waals surface area contributed by atoms with E-state index in [9.17, 15) is 15.0 Å². The van der Waals surface area contributed by atoms with Gasteiger partial charge in [-0.25, -0.2) is 0 Å². The highest BCUT2D eigenvalue weighted by atomic mass is 16.5. The molecule has 4 rings (SSSR count). The van der Waals surface area contributed by atoms with E-state index in [0.717, 1.165) is 36.8 Å². The van der Waals surface area contributed by atoms with Gasteiger partial charge in [0.15, 0.2) is 6.73 Å². The Balaban J connectivity index is 1.42. The van der Waals surface area contributed by atoms with Crippen LogP contribution in [0.15, 0.2) is 54.6 Å². The molecule has 1 aliphatic carbocycles. The van der Waals surface area contributed by atoms with Gasteiger partial charge >= 0.3 is 0 Å². The van der Waals surface area contributed by atoms with Crippen LogP contribution >= 0.6 is 0 Å². The first kappa shape index (κ1) is 21.6. The number of amides is 1. The van der Waals surface area contributed by atoms with Crippen molar-refractivity contribution in [1.82, 2.24) is 4.90 Å². The largest absolute Gasteiger partial charge is 0.472 e. The van der Waals surface area contributed by atoms with Gasteiger partial charge in [0.25, 0.3) is 5.91 Å². The van der Waals surface area contributed by atoms with Crippen LogP contribution in [-0.2, 0) is 0 Å². The number of aliphatic hydroxyl groups excluding tert-OH is 1. The zero-order valence-electron chi connectivity index (χ0n) is 18.0. The Hall–Kier alpha value is -2.63. The SMILES string of the molecule is C[C@H](CN1COc2ccccc2C1=O)[C@@H](O)c1cccc(/C=C/C2(O)CCCCC2)c1. The molecule has 2 aliphatic rings. The van der Waals surface area contributed by atoms with Crippen molar-refractivity contribution in [2.45, 2.75) is 50.7 Å². The van der Waals surface area contributed by atoms with Gasteiger partial charge in [0.1, 0.15) is 5.75 Å². The van der Waals surface area contributed by atoms with Crippen molar-refractivity contribution < 1.29 is 19.7 Å². The third kappa shape index (κ3) is 5.00. The van der Waals surface area contributed by atoms with E-state index in [1.807, 2.05) is 55.5 Å². The quantitative estimate of drug-likeness (QED) is 0.718. The Morgan fingerprint density at radius 3 is 2.71 bits per heavy atom. The van der Waals surface area contributed by atoms with Gasteiger partial charge in [-0.15, -0.1) is 0 Å². The Bertz CT molecular complexity index is 948. The van der Waals surface area contributed by atoms with Crippen LogP contribution < -0.4 is 4.74 Å². The fourth-order valence-electron chi connectivity index (χ4n) is 4.49. The molecule has 1 heterocycles. The number of carbonyl (C=O) groups excluding carboxylic acids is 1. The first-order valence-corrected chi connectivity index (χ1v) is 11.2. The van der Waals surface area contributed by atoms with E-state index in [0.29, 0.717) is 17.9 Å². The Labute approximate surface area is 184 Å². The highest BCUT2D eigenvalue weighted by Gasteiger charge is 2.29. The molecular weight excluding hydrogens is 390 g/mol. The summed E-state index contributed by atoms with van der Waals surface area (Å²) >= 11 is 0. The van der Waals surface area contributed by atoms with E-state index in [4.69, 9.17) is 4.74 Å². The van der Waals surface area contributed by atoms with E-state index in [-0.39, 0.29) is 18.6 Å². The zero-order chi connectivity index (χ0) is 21.8. The van der Waals surface area contributed by atoms with Gasteiger partial charge in [0, 0.05) is 12.5 Å². The topological polar surface area (TPSA) is 70.0 Å². The van der Waals surface area contributed by atoms with Crippen molar-refractivity contribution in [2.24, 2.45) is 5.92 Å². The number of aliphatic hydroxyl groups is 2. The maximum atomic E-state index is 12.8. The van der Waals surface area contributed by atoms with Crippen LogP contribution in [0.4, 0.5) is 0 Å². The average molecular weight is 422 g/mol. The standard InChI is InChI=1S/C26H31NO4/c1-19(17-27-18-31-23-11-4-3-10-22(23)25(27)29)24(28)21-9-7-8-20(16-21)12-15-26(30)13-5-2-6-14-26/h3-4,7-12,15-16,19,24,28,30H,2,5-6,13-14,17-18H2,1H3/b15-12+/t19-,24-/m1/s1. The fraction of sp³-hybridized carbons (Fsp3) is 0.423. The van der Waals surface area contributed by atoms with Crippen LogP contribution in [0.1, 0.15) is 66.6 Å². The molecule has 2 atom stereocenters. The van der Waals surface area contributed by atoms with Gasteiger partial charge in [0.05, 0.1) is 17.3 Å². The normalized spacial score (nSPS) is 20.2. The number of para-hydroxylation sites is 1. The number of nitrogens with zero attached hydrogens (tertiary/aromatic N) is 1. The van der Waals surface area contributed by atoms with E-state index >= 15 is 0 Å². The van der Waals surface area contributed by atoms with E-state index in [2.05, 4.69) is 0 Å². The second-order valence-corrected chi connectivity index (χ2v) is 8.89. The summed E-state index contributed by atoms with van der Waals surface area (Å²) in [6.07, 6.45) is 8.05. The number of ether oxygens (including phenoxy) is 1. The van der Waals surface area contributed by atoms with Gasteiger partial charge < -0.3 is 19.8 Å². The molecule has 31 heavy (non-hydrogen) atoms. The molecular formula is C26H31NO4. The molecule has 2 aromatic carbocycles. The predicted octanol–water partition coefficient (Wildman–Crippen LogP) is 4.56. The summed E-state index contributed by atoms with van der Waals surface area (Å²) in [5.74, 6) is 0.369. The van der Waals surface area contributed by atoms with Gasteiger partial charge in [-0.2, -0.15) is 0 Å². The van der Waals surface area contributed by atoms with E-state index in [1.54, 1.807) is 17.0 Å². The maximum Gasteiger partial charge on any atom is 0.260 e. The summed E-state index contributed by atoms with van der Waals surface area (Å²) in [4.78, 5) is 14.4. The van der Waals surface area contributed by atoms with Crippen molar-refractivity contribution in [2.75, 3.05) is 13.3 Å². The number of hydrogen-bond donors (Lipinski definition) is 2. The summed E-state index contributed by atoms with van der Waals surface area (Å²) in [6.45, 7) is 2.52. The summed E-state index contributed by atoms with van der Waals surface area (Å²) in [7, 11) is 0. The fourth-order valence-corrected chi connectivity index (χ4v) is 4.49. The summed E-state index contributed by atoms with van der Waals surface area (Å²) in [6, 6.07) is 15.0. The number of rotatable bonds is 6. The van der Waals surface area contributed by atoms with Crippen LogP contribution in [0.2, 0.25) is 0 Å². The van der Waals surface area contributed by atoms with Crippen LogP contribution in [0.5, 0.6) is 5.75 Å². The second-order valence-electron chi connectivity index (χ2n) is 8.89. The first-order chi connectivity index (χ1) is 15.0. The molecule has 1 aliphatic heterocycles. The third-order valence-corrected chi connectivity index (χ3v) is 6.39. The molecule has 0 bridgehead atoms. The zero-order valence-corrected chi connectivity index (χ0v) is 18.0. The Morgan fingerprint density at radius 1 is 1.13 bits per heavy atom. The lowest BCUT2D eigenvalue weighted by Gasteiger charge is -2.32. The van der Waals surface area contributed by atoms with Crippen LogP contribution in [0.25, 0.3) is 6.08 Å². The number of hydrogen-bond acceptors (Lipinski definition) is 4. The molecule has 1 amide bonds. The van der Waals surface area contributed by atoms with Gasteiger partial charge in [-0.3, -0.25) is 4.79 Å². The molecule has 0 unspecified atom stereocenters. The van der Waals surface area contributed by atoms with Gasteiger partial charge in [-0.1, -0.05) is 68.7 Å². The van der Waals surface area contributed by atoms with Crippen LogP contribution in [-0.4, -0.2) is 39.9 Å². The van der Waals surface area contributed by atoms with Crippen molar-refractivity contribution in [1.29, 1.82) is 0 Å². The van der Waals surface area contributed by atoms with Crippen molar-refractivity contribution in [3.8, 4) is 5.75 Å². The summed E-state index contributed by atoms with van der Waals surface area (Å²) < 4.78 is 5.70. The van der Waals surface area contributed by atoms with Crippen LogP contribution in [0, 0.1) is 5.92 Å². The summed E-state index contributed by atoms with van der Waals surface area (Å²) in [5.41, 5.74) is 1.60. The molecule has 164 valence electrons. The monoisotopic (exact) mass is 421 g/mol. The first-order valence-electron chi connectivity index (χ1n) is 11.2. The Morgan fingerprint density at radius 2 is 1.90 bits per heavy atom. The predicted molar refractivity (Wildman–Crippen MR) is 121 cm³/mol.